The summed E-state index contributed by atoms with van der Waals surface area (Å²) in [7, 11) is 0. The Morgan fingerprint density at radius 1 is 1.44 bits per heavy atom. The van der Waals surface area contributed by atoms with Gasteiger partial charge in [-0.05, 0) is 30.0 Å². The first-order valence-corrected chi connectivity index (χ1v) is 8.96. The van der Waals surface area contributed by atoms with Crippen molar-refractivity contribution in [1.82, 2.24) is 20.7 Å². The summed E-state index contributed by atoms with van der Waals surface area (Å²) in [6, 6.07) is 6.24. The van der Waals surface area contributed by atoms with Gasteiger partial charge < -0.3 is 20.1 Å². The SMILES string of the molecule is CC(C)Cc1cc(CNC(=O)N2CCNC(=O)[C@H]2c2cccc(F)c2)on1. The van der Waals surface area contributed by atoms with Crippen molar-refractivity contribution in [2.45, 2.75) is 32.9 Å². The fourth-order valence-corrected chi connectivity index (χ4v) is 3.11. The van der Waals surface area contributed by atoms with Crippen LogP contribution in [-0.2, 0) is 17.8 Å². The smallest absolute Gasteiger partial charge is 0.318 e. The van der Waals surface area contributed by atoms with Gasteiger partial charge in [0.05, 0.1) is 12.2 Å². The van der Waals surface area contributed by atoms with E-state index in [4.69, 9.17) is 4.52 Å². The number of hydrogen-bond donors (Lipinski definition) is 2. The molecule has 1 aromatic heterocycles. The number of piperazine rings is 1. The van der Waals surface area contributed by atoms with Crippen molar-refractivity contribution in [2.75, 3.05) is 13.1 Å². The molecule has 1 aliphatic rings. The van der Waals surface area contributed by atoms with Crippen molar-refractivity contribution in [3.05, 3.63) is 53.2 Å². The van der Waals surface area contributed by atoms with Crippen LogP contribution in [-0.4, -0.2) is 35.1 Å². The van der Waals surface area contributed by atoms with E-state index < -0.39 is 17.9 Å². The maximum Gasteiger partial charge on any atom is 0.318 e. The average molecular weight is 374 g/mol. The van der Waals surface area contributed by atoms with Gasteiger partial charge in [-0.1, -0.05) is 31.1 Å². The molecule has 2 aromatic rings. The molecule has 8 heteroatoms. The summed E-state index contributed by atoms with van der Waals surface area (Å²) in [4.78, 5) is 26.4. The van der Waals surface area contributed by atoms with Crippen LogP contribution < -0.4 is 10.6 Å². The first-order chi connectivity index (χ1) is 12.9. The number of aromatic nitrogens is 1. The van der Waals surface area contributed by atoms with Crippen LogP contribution in [0.3, 0.4) is 0 Å². The maximum atomic E-state index is 13.6. The topological polar surface area (TPSA) is 87.5 Å². The summed E-state index contributed by atoms with van der Waals surface area (Å²) in [6.07, 6.45) is 0.797. The monoisotopic (exact) mass is 374 g/mol. The summed E-state index contributed by atoms with van der Waals surface area (Å²) >= 11 is 0. The van der Waals surface area contributed by atoms with Gasteiger partial charge in [0.1, 0.15) is 11.9 Å². The Morgan fingerprint density at radius 2 is 2.26 bits per heavy atom. The van der Waals surface area contributed by atoms with Gasteiger partial charge in [-0.3, -0.25) is 4.79 Å². The van der Waals surface area contributed by atoms with Crippen LogP contribution in [0.1, 0.15) is 36.9 Å². The summed E-state index contributed by atoms with van der Waals surface area (Å²) in [5.74, 6) is 0.214. The van der Waals surface area contributed by atoms with Crippen LogP contribution in [0.15, 0.2) is 34.9 Å². The maximum absolute atomic E-state index is 13.6. The molecule has 0 spiro atoms. The minimum atomic E-state index is -0.874. The van der Waals surface area contributed by atoms with E-state index in [-0.39, 0.29) is 12.5 Å². The lowest BCUT2D eigenvalue weighted by Gasteiger charge is -2.35. The molecule has 3 rings (SSSR count). The van der Waals surface area contributed by atoms with Crippen molar-refractivity contribution in [3.8, 4) is 0 Å². The van der Waals surface area contributed by atoms with E-state index in [9.17, 15) is 14.0 Å². The number of urea groups is 1. The zero-order chi connectivity index (χ0) is 19.4. The van der Waals surface area contributed by atoms with E-state index in [2.05, 4.69) is 29.6 Å². The molecule has 1 atom stereocenters. The van der Waals surface area contributed by atoms with E-state index in [0.29, 0.717) is 30.3 Å². The second kappa shape index (κ2) is 8.20. The molecule has 27 heavy (non-hydrogen) atoms. The molecule has 2 heterocycles. The molecule has 0 radical (unpaired) electrons. The zero-order valence-electron chi connectivity index (χ0n) is 15.4. The Labute approximate surface area is 156 Å². The lowest BCUT2D eigenvalue weighted by Crippen LogP contribution is -2.54. The molecule has 1 fully saturated rings. The Kier molecular flexibility index (Phi) is 5.73. The zero-order valence-corrected chi connectivity index (χ0v) is 15.4. The number of halogens is 1. The van der Waals surface area contributed by atoms with Crippen LogP contribution in [0, 0.1) is 11.7 Å². The number of carbonyl (C=O) groups is 2. The van der Waals surface area contributed by atoms with E-state index >= 15 is 0 Å². The van der Waals surface area contributed by atoms with Crippen LogP contribution in [0.25, 0.3) is 0 Å². The van der Waals surface area contributed by atoms with Gasteiger partial charge in [0.15, 0.2) is 5.76 Å². The summed E-state index contributed by atoms with van der Waals surface area (Å²) in [5.41, 5.74) is 1.27. The van der Waals surface area contributed by atoms with Gasteiger partial charge >= 0.3 is 6.03 Å². The average Bonchev–Trinajstić information content (AvgIpc) is 3.06. The van der Waals surface area contributed by atoms with Crippen molar-refractivity contribution < 1.29 is 18.5 Å². The molecular formula is C19H23FN4O3. The second-order valence-electron chi connectivity index (χ2n) is 6.98. The highest BCUT2D eigenvalue weighted by molar-refractivity contribution is 5.89. The molecule has 0 aliphatic carbocycles. The number of nitrogens with one attached hydrogen (secondary N) is 2. The van der Waals surface area contributed by atoms with Crippen molar-refractivity contribution in [2.24, 2.45) is 5.92 Å². The lowest BCUT2D eigenvalue weighted by molar-refractivity contribution is -0.127. The minimum Gasteiger partial charge on any atom is -0.359 e. The molecule has 3 amide bonds. The number of hydrogen-bond acceptors (Lipinski definition) is 4. The van der Waals surface area contributed by atoms with E-state index in [1.54, 1.807) is 6.07 Å². The fraction of sp³-hybridized carbons (Fsp3) is 0.421. The van der Waals surface area contributed by atoms with E-state index in [1.807, 2.05) is 6.07 Å². The molecule has 0 saturated carbocycles. The normalized spacial score (nSPS) is 17.1. The standard InChI is InChI=1S/C19H23FN4O3/c1-12(2)8-15-10-16(27-23-15)11-22-19(26)24-7-6-21-18(25)17(24)13-4-3-5-14(20)9-13/h3-5,9-10,12,17H,6-8,11H2,1-2H3,(H,21,25)(H,22,26)/t17-/m1/s1. The highest BCUT2D eigenvalue weighted by Gasteiger charge is 2.34. The summed E-state index contributed by atoms with van der Waals surface area (Å²) in [5, 5.41) is 9.45. The van der Waals surface area contributed by atoms with Gasteiger partial charge in [0.25, 0.3) is 0 Å². The number of amides is 3. The van der Waals surface area contributed by atoms with E-state index in [0.717, 1.165) is 12.1 Å². The van der Waals surface area contributed by atoms with Crippen LogP contribution >= 0.6 is 0 Å². The van der Waals surface area contributed by atoms with Crippen LogP contribution in [0.4, 0.5) is 9.18 Å². The van der Waals surface area contributed by atoms with Crippen molar-refractivity contribution in [3.63, 3.8) is 0 Å². The molecule has 144 valence electrons. The largest absolute Gasteiger partial charge is 0.359 e. The molecule has 2 N–H and O–H groups in total. The molecule has 0 bridgehead atoms. The van der Waals surface area contributed by atoms with Gasteiger partial charge in [-0.25, -0.2) is 9.18 Å². The molecular weight excluding hydrogens is 351 g/mol. The third-order valence-electron chi connectivity index (χ3n) is 4.28. The first-order valence-electron chi connectivity index (χ1n) is 8.96. The predicted octanol–water partition coefficient (Wildman–Crippen LogP) is 2.39. The van der Waals surface area contributed by atoms with Gasteiger partial charge in [0, 0.05) is 19.2 Å². The minimum absolute atomic E-state index is 0.165. The molecule has 1 aliphatic heterocycles. The van der Waals surface area contributed by atoms with Gasteiger partial charge in [0.2, 0.25) is 5.91 Å². The number of nitrogens with zero attached hydrogens (tertiary/aromatic N) is 2. The summed E-state index contributed by atoms with van der Waals surface area (Å²) < 4.78 is 18.8. The molecule has 7 nitrogen and oxygen atoms in total. The highest BCUT2D eigenvalue weighted by atomic mass is 19.1. The molecule has 1 saturated heterocycles. The summed E-state index contributed by atoms with van der Waals surface area (Å²) in [6.45, 7) is 5.01. The number of carbonyl (C=O) groups excluding carboxylic acids is 2. The third kappa shape index (κ3) is 4.64. The number of rotatable bonds is 5. The Morgan fingerprint density at radius 3 is 3.00 bits per heavy atom. The lowest BCUT2D eigenvalue weighted by atomic mass is 10.0. The molecule has 0 unspecified atom stereocenters. The van der Waals surface area contributed by atoms with Crippen LogP contribution in [0.5, 0.6) is 0 Å². The van der Waals surface area contributed by atoms with Crippen molar-refractivity contribution in [1.29, 1.82) is 0 Å². The van der Waals surface area contributed by atoms with Crippen LogP contribution in [0.2, 0.25) is 0 Å². The highest BCUT2D eigenvalue weighted by Crippen LogP contribution is 2.24. The van der Waals surface area contributed by atoms with Gasteiger partial charge in [-0.2, -0.15) is 0 Å². The van der Waals surface area contributed by atoms with E-state index in [1.165, 1.54) is 23.1 Å². The quantitative estimate of drug-likeness (QED) is 0.841. The Hall–Kier alpha value is -2.90. The molecule has 1 aromatic carbocycles. The van der Waals surface area contributed by atoms with Crippen molar-refractivity contribution >= 4 is 11.9 Å². The Bertz CT molecular complexity index is 821. The van der Waals surface area contributed by atoms with Gasteiger partial charge in [-0.15, -0.1) is 0 Å². The predicted molar refractivity (Wildman–Crippen MR) is 96.1 cm³/mol. The Balaban J connectivity index is 1.68. The fourth-order valence-electron chi connectivity index (χ4n) is 3.11. The third-order valence-corrected chi connectivity index (χ3v) is 4.28. The second-order valence-corrected chi connectivity index (χ2v) is 6.98. The number of benzene rings is 1. The first kappa shape index (κ1) is 18.9.